The minimum atomic E-state index is -0.464. The third kappa shape index (κ3) is 4.38. The Labute approximate surface area is 110 Å². The summed E-state index contributed by atoms with van der Waals surface area (Å²) in [5.74, 6) is 0. The monoisotopic (exact) mass is 266 g/mol. The molecule has 0 unspecified atom stereocenters. The fourth-order valence-electron chi connectivity index (χ4n) is 1.14. The van der Waals surface area contributed by atoms with E-state index in [1.165, 1.54) is 6.07 Å². The summed E-state index contributed by atoms with van der Waals surface area (Å²) in [4.78, 5) is 10.3. The summed E-state index contributed by atoms with van der Waals surface area (Å²) in [6, 6.07) is 6.29. The maximum Gasteiger partial charge on any atom is 0.294 e. The summed E-state index contributed by atoms with van der Waals surface area (Å²) >= 11 is 4.98. The van der Waals surface area contributed by atoms with Crippen molar-refractivity contribution in [2.75, 3.05) is 12.0 Å². The van der Waals surface area contributed by atoms with Crippen LogP contribution in [0.25, 0.3) is 0 Å². The number of nitrogens with zero attached hydrogens (tertiary/aromatic N) is 1. The van der Waals surface area contributed by atoms with Gasteiger partial charge in [0.05, 0.1) is 4.92 Å². The van der Waals surface area contributed by atoms with Crippen LogP contribution in [0.1, 0.15) is 6.92 Å². The van der Waals surface area contributed by atoms with Gasteiger partial charge in [-0.2, -0.15) is 0 Å². The van der Waals surface area contributed by atoms with Gasteiger partial charge in [-0.25, -0.2) is 0 Å². The molecule has 96 valence electrons. The molecule has 6 nitrogen and oxygen atoms in total. The van der Waals surface area contributed by atoms with Crippen molar-refractivity contribution in [2.24, 2.45) is 0 Å². The molecule has 0 aliphatic carbocycles. The highest BCUT2D eigenvalue weighted by Gasteiger charge is 2.11. The number of nitro benzene ring substituents is 1. The van der Waals surface area contributed by atoms with Crippen molar-refractivity contribution in [3.05, 3.63) is 46.5 Å². The van der Waals surface area contributed by atoms with Crippen molar-refractivity contribution in [2.45, 2.75) is 6.92 Å². The van der Waals surface area contributed by atoms with Crippen molar-refractivity contribution < 1.29 is 4.92 Å². The molecule has 7 heteroatoms. The Hall–Kier alpha value is -2.15. The first-order chi connectivity index (χ1) is 8.50. The van der Waals surface area contributed by atoms with Gasteiger partial charge in [0.25, 0.3) is 5.69 Å². The van der Waals surface area contributed by atoms with Gasteiger partial charge in [-0.15, -0.1) is 0 Å². The molecular weight excluding hydrogens is 252 g/mol. The lowest BCUT2D eigenvalue weighted by Gasteiger charge is -2.12. The van der Waals surface area contributed by atoms with Crippen molar-refractivity contribution in [1.82, 2.24) is 10.7 Å². The molecule has 0 spiro atoms. The van der Waals surface area contributed by atoms with E-state index < -0.39 is 4.92 Å². The molecule has 1 aromatic carbocycles. The molecule has 0 heterocycles. The second-order valence-corrected chi connectivity index (χ2v) is 4.07. The van der Waals surface area contributed by atoms with Gasteiger partial charge in [-0.1, -0.05) is 24.3 Å². The molecule has 0 bridgehead atoms. The van der Waals surface area contributed by atoms with Crippen molar-refractivity contribution in [3.63, 3.8) is 0 Å². The van der Waals surface area contributed by atoms with Gasteiger partial charge in [0.1, 0.15) is 5.69 Å². The van der Waals surface area contributed by atoms with E-state index in [0.717, 1.165) is 5.57 Å². The third-order valence-electron chi connectivity index (χ3n) is 1.96. The zero-order chi connectivity index (χ0) is 13.5. The molecule has 0 saturated heterocycles. The van der Waals surface area contributed by atoms with Gasteiger partial charge < -0.3 is 5.32 Å². The fraction of sp³-hybridized carbons (Fsp3) is 0.182. The summed E-state index contributed by atoms with van der Waals surface area (Å²) in [7, 11) is 0. The molecular formula is C11H14N4O2S. The van der Waals surface area contributed by atoms with Crippen LogP contribution in [0.2, 0.25) is 0 Å². The average Bonchev–Trinajstić information content (AvgIpc) is 2.34. The molecule has 0 saturated carbocycles. The second-order valence-electron chi connectivity index (χ2n) is 3.66. The Morgan fingerprint density at radius 3 is 2.78 bits per heavy atom. The maximum absolute atomic E-state index is 10.8. The first-order valence-corrected chi connectivity index (χ1v) is 5.59. The molecule has 18 heavy (non-hydrogen) atoms. The van der Waals surface area contributed by atoms with Gasteiger partial charge >= 0.3 is 0 Å². The number of hydrogen-bond acceptors (Lipinski definition) is 4. The zero-order valence-electron chi connectivity index (χ0n) is 9.90. The number of hydrazine groups is 1. The Kier molecular flexibility index (Phi) is 5.06. The highest BCUT2D eigenvalue weighted by atomic mass is 32.1. The molecule has 1 rings (SSSR count). The standard InChI is InChI=1S/C11H14N4O2S/c1-8(2)7-12-11(18)14-13-9-5-3-4-6-10(9)15(16)17/h3-6,13H,1,7H2,2H3,(H2,12,14,18). The van der Waals surface area contributed by atoms with Gasteiger partial charge in [0, 0.05) is 12.6 Å². The van der Waals surface area contributed by atoms with Crippen LogP contribution in [-0.2, 0) is 0 Å². The molecule has 0 fully saturated rings. The van der Waals surface area contributed by atoms with Crippen LogP contribution in [0.5, 0.6) is 0 Å². The van der Waals surface area contributed by atoms with E-state index in [0.29, 0.717) is 17.3 Å². The van der Waals surface area contributed by atoms with Crippen molar-refractivity contribution >= 4 is 28.7 Å². The molecule has 0 amide bonds. The van der Waals surface area contributed by atoms with E-state index in [4.69, 9.17) is 12.2 Å². The minimum absolute atomic E-state index is 0.0206. The van der Waals surface area contributed by atoms with Gasteiger partial charge in [-0.3, -0.25) is 21.0 Å². The Morgan fingerprint density at radius 2 is 2.17 bits per heavy atom. The summed E-state index contributed by atoms with van der Waals surface area (Å²) in [5.41, 5.74) is 6.63. The largest absolute Gasteiger partial charge is 0.358 e. The van der Waals surface area contributed by atoms with E-state index in [1.54, 1.807) is 18.2 Å². The van der Waals surface area contributed by atoms with Crippen LogP contribution in [0.3, 0.4) is 0 Å². The zero-order valence-corrected chi connectivity index (χ0v) is 10.7. The number of rotatable bonds is 5. The fourth-order valence-corrected chi connectivity index (χ4v) is 1.26. The van der Waals surface area contributed by atoms with Crippen LogP contribution < -0.4 is 16.2 Å². The Balaban J connectivity index is 2.56. The van der Waals surface area contributed by atoms with Crippen LogP contribution >= 0.6 is 12.2 Å². The Bertz CT molecular complexity index is 476. The highest BCUT2D eigenvalue weighted by molar-refractivity contribution is 7.80. The van der Waals surface area contributed by atoms with E-state index in [9.17, 15) is 10.1 Å². The Morgan fingerprint density at radius 1 is 1.50 bits per heavy atom. The molecule has 0 atom stereocenters. The van der Waals surface area contributed by atoms with Crippen LogP contribution in [-0.4, -0.2) is 16.6 Å². The van der Waals surface area contributed by atoms with Crippen LogP contribution in [0, 0.1) is 10.1 Å². The smallest absolute Gasteiger partial charge is 0.294 e. The molecule has 0 aliphatic heterocycles. The highest BCUT2D eigenvalue weighted by Crippen LogP contribution is 2.21. The van der Waals surface area contributed by atoms with E-state index in [2.05, 4.69) is 22.7 Å². The maximum atomic E-state index is 10.8. The van der Waals surface area contributed by atoms with Crippen LogP contribution in [0.15, 0.2) is 36.4 Å². The number of anilines is 1. The average molecular weight is 266 g/mol. The number of para-hydroxylation sites is 2. The summed E-state index contributed by atoms with van der Waals surface area (Å²) in [6.45, 7) is 6.14. The van der Waals surface area contributed by atoms with Crippen molar-refractivity contribution in [3.8, 4) is 0 Å². The number of nitrogens with one attached hydrogen (secondary N) is 3. The normalized spacial score (nSPS) is 9.39. The lowest BCUT2D eigenvalue weighted by molar-refractivity contribution is -0.384. The lowest BCUT2D eigenvalue weighted by atomic mass is 10.3. The molecule has 0 radical (unpaired) electrons. The van der Waals surface area contributed by atoms with E-state index in [-0.39, 0.29) is 5.69 Å². The van der Waals surface area contributed by atoms with Gasteiger partial charge in [-0.05, 0) is 25.2 Å². The molecule has 0 aliphatic rings. The predicted molar refractivity (Wildman–Crippen MR) is 75.3 cm³/mol. The molecule has 0 aromatic heterocycles. The SMILES string of the molecule is C=C(C)CNC(=S)NNc1ccccc1[N+](=O)[O-]. The topological polar surface area (TPSA) is 79.2 Å². The number of thiocarbonyl (C=S) groups is 1. The minimum Gasteiger partial charge on any atom is -0.358 e. The van der Waals surface area contributed by atoms with Gasteiger partial charge in [0.2, 0.25) is 0 Å². The van der Waals surface area contributed by atoms with Crippen molar-refractivity contribution in [1.29, 1.82) is 0 Å². The van der Waals surface area contributed by atoms with Crippen LogP contribution in [0.4, 0.5) is 11.4 Å². The lowest BCUT2D eigenvalue weighted by Crippen LogP contribution is -2.39. The second kappa shape index (κ2) is 6.55. The summed E-state index contributed by atoms with van der Waals surface area (Å²) in [5, 5.41) is 14.0. The predicted octanol–water partition coefficient (Wildman–Crippen LogP) is 1.96. The number of hydrogen-bond donors (Lipinski definition) is 3. The number of benzene rings is 1. The quantitative estimate of drug-likeness (QED) is 0.327. The third-order valence-corrected chi connectivity index (χ3v) is 2.21. The summed E-state index contributed by atoms with van der Waals surface area (Å²) in [6.07, 6.45) is 0. The first kappa shape index (κ1) is 13.9. The molecule has 1 aromatic rings. The summed E-state index contributed by atoms with van der Waals surface area (Å²) < 4.78 is 0. The molecule has 3 N–H and O–H groups in total. The van der Waals surface area contributed by atoms with E-state index >= 15 is 0 Å². The first-order valence-electron chi connectivity index (χ1n) is 5.18. The van der Waals surface area contributed by atoms with Gasteiger partial charge in [0.15, 0.2) is 5.11 Å². The van der Waals surface area contributed by atoms with E-state index in [1.807, 2.05) is 6.92 Å². The number of nitro groups is 1.